The molecule has 2 aromatic rings. The summed E-state index contributed by atoms with van der Waals surface area (Å²) in [6.07, 6.45) is 1.59. The number of carboxylic acids is 1. The second-order valence-electron chi connectivity index (χ2n) is 3.08. The smallest absolute Gasteiger partial charge is 0.340 e. The normalized spacial score (nSPS) is 10.7. The Labute approximate surface area is 105 Å². The van der Waals surface area contributed by atoms with Crippen molar-refractivity contribution in [2.75, 3.05) is 7.11 Å². The molecule has 0 saturated heterocycles. The maximum atomic E-state index is 11.1. The average Bonchev–Trinajstić information content (AvgIpc) is 2.86. The number of rotatable bonds is 4. The number of methoxy groups -OCH3 is 1. The zero-order valence-corrected chi connectivity index (χ0v) is 10.3. The first-order chi connectivity index (χ1) is 8.15. The molecule has 2 rings (SSSR count). The van der Waals surface area contributed by atoms with Gasteiger partial charge in [-0.05, 0) is 0 Å². The highest BCUT2D eigenvalue weighted by Gasteiger charge is 2.23. The fourth-order valence-electron chi connectivity index (χ4n) is 1.34. The molecule has 0 unspecified atom stereocenters. The number of hydrogen-bond acceptors (Lipinski definition) is 5. The number of carbonyl (C=O) groups is 1. The van der Waals surface area contributed by atoms with E-state index in [2.05, 4.69) is 10.1 Å². The second kappa shape index (κ2) is 4.82. The van der Waals surface area contributed by atoms with Crippen molar-refractivity contribution in [1.82, 2.24) is 14.8 Å². The summed E-state index contributed by atoms with van der Waals surface area (Å²) >= 11 is 7.30. The fourth-order valence-corrected chi connectivity index (χ4v) is 2.29. The van der Waals surface area contributed by atoms with Crippen LogP contribution in [0, 0.1) is 0 Å². The topological polar surface area (TPSA) is 77.2 Å². The number of carboxylic acid groups (broad SMARTS) is 1. The van der Waals surface area contributed by atoms with Gasteiger partial charge >= 0.3 is 5.97 Å². The molecule has 0 atom stereocenters. The molecule has 0 radical (unpaired) electrons. The number of thiazole rings is 1. The molecule has 0 saturated carbocycles. The molecule has 17 heavy (non-hydrogen) atoms. The van der Waals surface area contributed by atoms with Crippen LogP contribution in [0.15, 0.2) is 11.6 Å². The van der Waals surface area contributed by atoms with Crippen LogP contribution in [0.5, 0.6) is 0 Å². The van der Waals surface area contributed by atoms with Gasteiger partial charge in [0, 0.05) is 18.7 Å². The molecule has 0 amide bonds. The molecule has 0 aromatic carbocycles. The maximum Gasteiger partial charge on any atom is 0.340 e. The zero-order chi connectivity index (χ0) is 12.4. The minimum Gasteiger partial charge on any atom is -0.478 e. The van der Waals surface area contributed by atoms with Crippen LogP contribution in [0.3, 0.4) is 0 Å². The highest BCUT2D eigenvalue weighted by Crippen LogP contribution is 2.25. The highest BCUT2D eigenvalue weighted by molar-refractivity contribution is 7.12. The van der Waals surface area contributed by atoms with Crippen molar-refractivity contribution >= 4 is 28.9 Å². The minimum absolute atomic E-state index is 0.0273. The van der Waals surface area contributed by atoms with Gasteiger partial charge in [0.05, 0.1) is 6.61 Å². The first kappa shape index (κ1) is 12.0. The van der Waals surface area contributed by atoms with E-state index >= 15 is 0 Å². The van der Waals surface area contributed by atoms with Gasteiger partial charge in [0.25, 0.3) is 0 Å². The average molecular weight is 274 g/mol. The Morgan fingerprint density at radius 2 is 2.47 bits per heavy atom. The summed E-state index contributed by atoms with van der Waals surface area (Å²) in [5.41, 5.74) is 0.226. The Bertz CT molecular complexity index is 538. The number of ether oxygens (including phenoxy) is 1. The Kier molecular flexibility index (Phi) is 3.41. The lowest BCUT2D eigenvalue weighted by Gasteiger charge is -1.95. The van der Waals surface area contributed by atoms with Gasteiger partial charge in [-0.25, -0.2) is 9.78 Å². The molecule has 8 heteroatoms. The summed E-state index contributed by atoms with van der Waals surface area (Å²) in [5.74, 6) is -1.13. The zero-order valence-electron chi connectivity index (χ0n) is 8.75. The van der Waals surface area contributed by atoms with Gasteiger partial charge in [0.1, 0.15) is 16.4 Å². The van der Waals surface area contributed by atoms with Gasteiger partial charge in [0.2, 0.25) is 5.13 Å². The van der Waals surface area contributed by atoms with E-state index in [9.17, 15) is 4.79 Å². The number of aromatic nitrogens is 3. The molecule has 0 aliphatic carbocycles. The SMILES string of the molecule is COCc1nn(-c2nccs2)c(Cl)c1C(=O)O. The summed E-state index contributed by atoms with van der Waals surface area (Å²) in [6.45, 7) is 0.0831. The third-order valence-corrected chi connectivity index (χ3v) is 3.09. The lowest BCUT2D eigenvalue weighted by Crippen LogP contribution is -2.01. The van der Waals surface area contributed by atoms with Gasteiger partial charge in [-0.1, -0.05) is 11.6 Å². The molecule has 0 spiro atoms. The van der Waals surface area contributed by atoms with Gasteiger partial charge in [-0.2, -0.15) is 9.78 Å². The van der Waals surface area contributed by atoms with E-state index in [-0.39, 0.29) is 23.0 Å². The fraction of sp³-hybridized carbons (Fsp3) is 0.222. The summed E-state index contributed by atoms with van der Waals surface area (Å²) in [5, 5.41) is 15.5. The Morgan fingerprint density at radius 1 is 1.71 bits per heavy atom. The lowest BCUT2D eigenvalue weighted by molar-refractivity contribution is 0.0692. The standard InChI is InChI=1S/C9H8ClN3O3S/c1-16-4-5-6(8(14)15)7(10)13(12-5)9-11-2-3-17-9/h2-3H,4H2,1H3,(H,14,15). The third-order valence-electron chi connectivity index (χ3n) is 2.00. The van der Waals surface area contributed by atoms with E-state index in [0.717, 1.165) is 0 Å². The molecule has 1 N–H and O–H groups in total. The van der Waals surface area contributed by atoms with Crippen molar-refractivity contribution in [2.24, 2.45) is 0 Å². The number of aromatic carboxylic acids is 1. The monoisotopic (exact) mass is 273 g/mol. The van der Waals surface area contributed by atoms with Crippen LogP contribution in [-0.4, -0.2) is 33.0 Å². The van der Waals surface area contributed by atoms with E-state index in [1.165, 1.54) is 23.1 Å². The first-order valence-electron chi connectivity index (χ1n) is 4.54. The van der Waals surface area contributed by atoms with Crippen molar-refractivity contribution in [3.05, 3.63) is 28.0 Å². The molecule has 2 aromatic heterocycles. The van der Waals surface area contributed by atoms with Crippen LogP contribution in [0.4, 0.5) is 0 Å². The van der Waals surface area contributed by atoms with Crippen LogP contribution in [-0.2, 0) is 11.3 Å². The summed E-state index contributed by atoms with van der Waals surface area (Å²) in [7, 11) is 1.46. The highest BCUT2D eigenvalue weighted by atomic mass is 35.5. The van der Waals surface area contributed by atoms with Gasteiger partial charge < -0.3 is 9.84 Å². The van der Waals surface area contributed by atoms with Crippen molar-refractivity contribution in [2.45, 2.75) is 6.61 Å². The van der Waals surface area contributed by atoms with Crippen molar-refractivity contribution in [1.29, 1.82) is 0 Å². The number of hydrogen-bond donors (Lipinski definition) is 1. The molecular weight excluding hydrogens is 266 g/mol. The second-order valence-corrected chi connectivity index (χ2v) is 4.31. The van der Waals surface area contributed by atoms with Crippen molar-refractivity contribution in [3.8, 4) is 5.13 Å². The molecule has 0 aliphatic heterocycles. The van der Waals surface area contributed by atoms with Crippen LogP contribution < -0.4 is 0 Å². The maximum absolute atomic E-state index is 11.1. The Morgan fingerprint density at radius 3 is 3.00 bits per heavy atom. The third kappa shape index (κ3) is 2.17. The quantitative estimate of drug-likeness (QED) is 0.919. The molecule has 6 nitrogen and oxygen atoms in total. The molecule has 0 aliphatic rings. The molecular formula is C9H8ClN3O3S. The minimum atomic E-state index is -1.13. The van der Waals surface area contributed by atoms with Gasteiger partial charge in [-0.3, -0.25) is 0 Å². The lowest BCUT2D eigenvalue weighted by atomic mass is 10.2. The van der Waals surface area contributed by atoms with E-state index < -0.39 is 5.97 Å². The Hall–Kier alpha value is -1.44. The van der Waals surface area contributed by atoms with Gasteiger partial charge in [-0.15, -0.1) is 11.3 Å². The molecule has 90 valence electrons. The summed E-state index contributed by atoms with van der Waals surface area (Å²) in [4.78, 5) is 15.1. The van der Waals surface area contributed by atoms with Crippen LogP contribution in [0.1, 0.15) is 16.1 Å². The number of halogens is 1. The van der Waals surface area contributed by atoms with E-state index in [1.807, 2.05) is 0 Å². The van der Waals surface area contributed by atoms with Crippen molar-refractivity contribution in [3.63, 3.8) is 0 Å². The summed E-state index contributed by atoms with van der Waals surface area (Å²) < 4.78 is 6.19. The van der Waals surface area contributed by atoms with Crippen LogP contribution >= 0.6 is 22.9 Å². The largest absolute Gasteiger partial charge is 0.478 e. The molecule has 2 heterocycles. The van der Waals surface area contributed by atoms with Gasteiger partial charge in [0.15, 0.2) is 0 Å². The van der Waals surface area contributed by atoms with Crippen LogP contribution in [0.2, 0.25) is 5.15 Å². The predicted molar refractivity (Wildman–Crippen MR) is 61.9 cm³/mol. The Balaban J connectivity index is 2.56. The van der Waals surface area contributed by atoms with E-state index in [1.54, 1.807) is 11.6 Å². The van der Waals surface area contributed by atoms with E-state index in [4.69, 9.17) is 21.4 Å². The first-order valence-corrected chi connectivity index (χ1v) is 5.80. The van der Waals surface area contributed by atoms with Crippen molar-refractivity contribution < 1.29 is 14.6 Å². The summed E-state index contributed by atoms with van der Waals surface area (Å²) in [6, 6.07) is 0. The molecule has 0 fully saturated rings. The van der Waals surface area contributed by atoms with E-state index in [0.29, 0.717) is 5.13 Å². The van der Waals surface area contributed by atoms with Crippen LogP contribution in [0.25, 0.3) is 5.13 Å². The molecule has 0 bridgehead atoms. The number of nitrogens with zero attached hydrogens (tertiary/aromatic N) is 3. The predicted octanol–water partition coefficient (Wildman–Crippen LogP) is 1.83.